The standard InChI is InChI=1S/C20H15ClN2O3S/c21-17-13-7-8-14-18(17)22-23-20(19(24)15-9-3-1-4-10-15)27(25,26)16-11-5-2-6-12-16/h1-14,22H/b23-20-. The number of hydrogen-bond donors (Lipinski definition) is 1. The number of benzene rings is 3. The van der Waals surface area contributed by atoms with Crippen LogP contribution >= 0.6 is 11.6 Å². The van der Waals surface area contributed by atoms with Crippen molar-refractivity contribution >= 4 is 38.0 Å². The third-order valence-electron chi connectivity index (χ3n) is 3.69. The highest BCUT2D eigenvalue weighted by atomic mass is 35.5. The Bertz CT molecular complexity index is 1080. The number of ketones is 1. The van der Waals surface area contributed by atoms with Crippen molar-refractivity contribution in [2.24, 2.45) is 5.10 Å². The van der Waals surface area contributed by atoms with Gasteiger partial charge in [0.15, 0.2) is 0 Å². The molecule has 0 saturated heterocycles. The van der Waals surface area contributed by atoms with Crippen LogP contribution in [-0.2, 0) is 9.84 Å². The second kappa shape index (κ2) is 8.16. The molecule has 136 valence electrons. The second-order valence-electron chi connectivity index (χ2n) is 5.52. The zero-order valence-electron chi connectivity index (χ0n) is 14.0. The van der Waals surface area contributed by atoms with Crippen LogP contribution in [0.1, 0.15) is 10.4 Å². The average molecular weight is 399 g/mol. The minimum atomic E-state index is -4.14. The first-order valence-electron chi connectivity index (χ1n) is 7.98. The van der Waals surface area contributed by atoms with Crippen LogP contribution in [0.4, 0.5) is 5.69 Å². The SMILES string of the molecule is O=C(/C(=N/Nc1ccccc1Cl)S(=O)(=O)c1ccccc1)c1ccccc1. The Kier molecular flexibility index (Phi) is 5.69. The molecule has 0 spiro atoms. The van der Waals surface area contributed by atoms with E-state index in [2.05, 4.69) is 10.5 Å². The van der Waals surface area contributed by atoms with Gasteiger partial charge in [0.2, 0.25) is 20.7 Å². The number of halogens is 1. The lowest BCUT2D eigenvalue weighted by atomic mass is 10.1. The Labute approximate surface area is 162 Å². The summed E-state index contributed by atoms with van der Waals surface area (Å²) in [5.74, 6) is -0.709. The molecule has 0 aliphatic heterocycles. The molecule has 0 heterocycles. The average Bonchev–Trinajstić information content (AvgIpc) is 2.70. The van der Waals surface area contributed by atoms with Crippen LogP contribution in [0.15, 0.2) is 94.9 Å². The largest absolute Gasteiger partial charge is 0.286 e. The summed E-state index contributed by atoms with van der Waals surface area (Å²) in [5.41, 5.74) is 3.20. The van der Waals surface area contributed by atoms with E-state index < -0.39 is 20.7 Å². The minimum absolute atomic E-state index is 0.0195. The molecule has 0 bridgehead atoms. The molecule has 0 aliphatic carbocycles. The predicted octanol–water partition coefficient (Wildman–Crippen LogP) is 4.42. The van der Waals surface area contributed by atoms with Gasteiger partial charge in [0, 0.05) is 5.56 Å². The molecule has 3 aromatic carbocycles. The molecule has 0 unspecified atom stereocenters. The van der Waals surface area contributed by atoms with Crippen LogP contribution in [0, 0.1) is 0 Å². The summed E-state index contributed by atoms with van der Waals surface area (Å²) in [5, 5.41) is 3.66. The number of rotatable bonds is 5. The van der Waals surface area contributed by atoms with E-state index in [4.69, 9.17) is 11.6 Å². The molecule has 0 saturated carbocycles. The molecule has 0 amide bonds. The second-order valence-corrected chi connectivity index (χ2v) is 7.79. The van der Waals surface area contributed by atoms with Crippen LogP contribution in [0.5, 0.6) is 0 Å². The van der Waals surface area contributed by atoms with E-state index in [0.717, 1.165) is 0 Å². The maximum Gasteiger partial charge on any atom is 0.229 e. The molecule has 27 heavy (non-hydrogen) atoms. The van der Waals surface area contributed by atoms with Gasteiger partial charge in [-0.15, -0.1) is 0 Å². The van der Waals surface area contributed by atoms with Crippen LogP contribution in [0.2, 0.25) is 5.02 Å². The third kappa shape index (κ3) is 4.24. The minimum Gasteiger partial charge on any atom is -0.286 e. The van der Waals surface area contributed by atoms with Crippen LogP contribution < -0.4 is 5.43 Å². The Morgan fingerprint density at radius 1 is 0.815 bits per heavy atom. The quantitative estimate of drug-likeness (QED) is 0.298. The van der Waals surface area contributed by atoms with Crippen LogP contribution in [-0.4, -0.2) is 19.2 Å². The Hall–Kier alpha value is -2.96. The van der Waals surface area contributed by atoms with Crippen molar-refractivity contribution in [1.29, 1.82) is 0 Å². The van der Waals surface area contributed by atoms with Gasteiger partial charge in [0.1, 0.15) is 0 Å². The number of para-hydroxylation sites is 1. The molecule has 3 rings (SSSR count). The van der Waals surface area contributed by atoms with E-state index in [-0.39, 0.29) is 10.5 Å². The van der Waals surface area contributed by atoms with Gasteiger partial charge >= 0.3 is 0 Å². The number of sulfone groups is 1. The van der Waals surface area contributed by atoms with Crippen LogP contribution in [0.3, 0.4) is 0 Å². The number of hydrazone groups is 1. The highest BCUT2D eigenvalue weighted by Gasteiger charge is 2.30. The molecule has 0 aliphatic rings. The van der Waals surface area contributed by atoms with Gasteiger partial charge in [0.25, 0.3) is 0 Å². The molecule has 3 aromatic rings. The molecular formula is C20H15ClN2O3S. The van der Waals surface area contributed by atoms with Crippen molar-refractivity contribution in [2.75, 3.05) is 5.43 Å². The van der Waals surface area contributed by atoms with E-state index in [1.807, 2.05) is 0 Å². The summed E-state index contributed by atoms with van der Waals surface area (Å²) >= 11 is 6.07. The third-order valence-corrected chi connectivity index (χ3v) is 5.70. The first-order chi connectivity index (χ1) is 13.0. The number of carbonyl (C=O) groups excluding carboxylic acids is 1. The van der Waals surface area contributed by atoms with Crippen molar-refractivity contribution in [3.05, 3.63) is 95.5 Å². The lowest BCUT2D eigenvalue weighted by Crippen LogP contribution is -2.26. The Morgan fingerprint density at radius 3 is 2.00 bits per heavy atom. The topological polar surface area (TPSA) is 75.6 Å². The van der Waals surface area contributed by atoms with Crippen molar-refractivity contribution in [1.82, 2.24) is 0 Å². The summed E-state index contributed by atoms with van der Waals surface area (Å²) in [4.78, 5) is 12.9. The van der Waals surface area contributed by atoms with Gasteiger partial charge in [0.05, 0.1) is 15.6 Å². The van der Waals surface area contributed by atoms with Crippen LogP contribution in [0.25, 0.3) is 0 Å². The number of carbonyl (C=O) groups is 1. The fourth-order valence-electron chi connectivity index (χ4n) is 2.32. The van der Waals surface area contributed by atoms with Crippen molar-refractivity contribution < 1.29 is 13.2 Å². The van der Waals surface area contributed by atoms with E-state index in [0.29, 0.717) is 10.7 Å². The normalized spacial score (nSPS) is 11.8. The smallest absolute Gasteiger partial charge is 0.229 e. The number of nitrogens with one attached hydrogen (secondary N) is 1. The molecule has 1 N–H and O–H groups in total. The first kappa shape index (κ1) is 18.8. The first-order valence-corrected chi connectivity index (χ1v) is 9.84. The van der Waals surface area contributed by atoms with Crippen molar-refractivity contribution in [3.63, 3.8) is 0 Å². The molecule has 0 aromatic heterocycles. The maximum atomic E-state index is 13.0. The molecule has 5 nitrogen and oxygen atoms in total. The number of nitrogens with zero attached hydrogens (tertiary/aromatic N) is 1. The summed E-state index contributed by atoms with van der Waals surface area (Å²) in [6.07, 6.45) is 0. The lowest BCUT2D eigenvalue weighted by molar-refractivity contribution is 0.106. The zero-order valence-corrected chi connectivity index (χ0v) is 15.6. The van der Waals surface area contributed by atoms with Gasteiger partial charge in [-0.05, 0) is 24.3 Å². The Morgan fingerprint density at radius 2 is 1.37 bits per heavy atom. The van der Waals surface area contributed by atoms with Crippen molar-refractivity contribution in [3.8, 4) is 0 Å². The monoisotopic (exact) mass is 398 g/mol. The molecule has 0 atom stereocenters. The van der Waals surface area contributed by atoms with E-state index in [1.165, 1.54) is 24.3 Å². The van der Waals surface area contributed by atoms with Gasteiger partial charge < -0.3 is 0 Å². The number of hydrogen-bond acceptors (Lipinski definition) is 5. The Balaban J connectivity index is 2.08. The summed E-state index contributed by atoms with van der Waals surface area (Å²) in [6.45, 7) is 0. The highest BCUT2D eigenvalue weighted by molar-refractivity contribution is 8.08. The molecule has 0 radical (unpaired) electrons. The fraction of sp³-hybridized carbons (Fsp3) is 0. The maximum absolute atomic E-state index is 13.0. The predicted molar refractivity (Wildman–Crippen MR) is 107 cm³/mol. The number of anilines is 1. The van der Waals surface area contributed by atoms with Gasteiger partial charge in [-0.25, -0.2) is 8.42 Å². The van der Waals surface area contributed by atoms with Gasteiger partial charge in [-0.3, -0.25) is 10.2 Å². The molecule has 7 heteroatoms. The zero-order chi connectivity index (χ0) is 19.3. The molecular weight excluding hydrogens is 384 g/mol. The van der Waals surface area contributed by atoms with E-state index in [9.17, 15) is 13.2 Å². The lowest BCUT2D eigenvalue weighted by Gasteiger charge is -2.09. The van der Waals surface area contributed by atoms with Gasteiger partial charge in [-0.2, -0.15) is 5.10 Å². The van der Waals surface area contributed by atoms with Gasteiger partial charge in [-0.1, -0.05) is 72.3 Å². The summed E-state index contributed by atoms with van der Waals surface area (Å²) in [7, 11) is -4.14. The summed E-state index contributed by atoms with van der Waals surface area (Å²) < 4.78 is 26.1. The van der Waals surface area contributed by atoms with Crippen molar-refractivity contribution in [2.45, 2.75) is 4.90 Å². The van der Waals surface area contributed by atoms with E-state index >= 15 is 0 Å². The molecule has 0 fully saturated rings. The number of Topliss-reactive ketones (excluding diaryl/α,β-unsaturated/α-hetero) is 1. The summed E-state index contributed by atoms with van der Waals surface area (Å²) in [6, 6.07) is 22.5. The fourth-order valence-corrected chi connectivity index (χ4v) is 3.76. The highest BCUT2D eigenvalue weighted by Crippen LogP contribution is 2.21. The van der Waals surface area contributed by atoms with E-state index in [1.54, 1.807) is 60.7 Å².